The molecule has 0 bridgehead atoms. The SMILES string of the molecule is Cc1cnccc1N1CCCN(c2nc(C3CC3)nc3c2CCNC3=O)CC1. The second-order valence-corrected chi connectivity index (χ2v) is 8.00. The van der Waals surface area contributed by atoms with Crippen LogP contribution in [0.15, 0.2) is 18.5 Å². The highest BCUT2D eigenvalue weighted by molar-refractivity contribution is 5.96. The highest BCUT2D eigenvalue weighted by atomic mass is 16.1. The summed E-state index contributed by atoms with van der Waals surface area (Å²) in [6.07, 6.45) is 7.94. The second kappa shape index (κ2) is 7.04. The number of carbonyl (C=O) groups is 1. The molecule has 0 spiro atoms. The molecule has 2 fully saturated rings. The molecular formula is C21H26N6O. The van der Waals surface area contributed by atoms with Gasteiger partial charge in [0.25, 0.3) is 5.91 Å². The molecule has 2 aromatic heterocycles. The number of aromatic nitrogens is 3. The molecule has 0 unspecified atom stereocenters. The maximum absolute atomic E-state index is 12.4. The normalized spacial score (nSPS) is 19.8. The quantitative estimate of drug-likeness (QED) is 0.881. The summed E-state index contributed by atoms with van der Waals surface area (Å²) in [5, 5.41) is 2.94. The van der Waals surface area contributed by atoms with Crippen molar-refractivity contribution in [3.8, 4) is 0 Å². The lowest BCUT2D eigenvalue weighted by Gasteiger charge is -2.28. The molecule has 7 nitrogen and oxygen atoms in total. The van der Waals surface area contributed by atoms with E-state index >= 15 is 0 Å². The Labute approximate surface area is 165 Å². The molecule has 5 rings (SSSR count). The maximum atomic E-state index is 12.4. The summed E-state index contributed by atoms with van der Waals surface area (Å²) in [5.41, 5.74) is 4.11. The highest BCUT2D eigenvalue weighted by Gasteiger charge is 2.33. The molecule has 1 saturated heterocycles. The average molecular weight is 378 g/mol. The Morgan fingerprint density at radius 2 is 1.93 bits per heavy atom. The van der Waals surface area contributed by atoms with Crippen LogP contribution < -0.4 is 15.1 Å². The van der Waals surface area contributed by atoms with Gasteiger partial charge in [-0.05, 0) is 44.2 Å². The van der Waals surface area contributed by atoms with E-state index in [-0.39, 0.29) is 5.91 Å². The summed E-state index contributed by atoms with van der Waals surface area (Å²) in [5.74, 6) is 2.24. The Morgan fingerprint density at radius 3 is 2.75 bits per heavy atom. The lowest BCUT2D eigenvalue weighted by molar-refractivity contribution is 0.0940. The summed E-state index contributed by atoms with van der Waals surface area (Å²) in [4.78, 5) is 31.1. The Hall–Kier alpha value is -2.70. The lowest BCUT2D eigenvalue weighted by atomic mass is 10.1. The molecule has 1 aliphatic carbocycles. The summed E-state index contributed by atoms with van der Waals surface area (Å²) in [6, 6.07) is 2.10. The number of pyridine rings is 1. The van der Waals surface area contributed by atoms with Crippen LogP contribution in [0.2, 0.25) is 0 Å². The second-order valence-electron chi connectivity index (χ2n) is 8.00. The number of nitrogens with zero attached hydrogens (tertiary/aromatic N) is 5. The third-order valence-corrected chi connectivity index (χ3v) is 5.95. The van der Waals surface area contributed by atoms with Gasteiger partial charge in [0.05, 0.1) is 0 Å². The van der Waals surface area contributed by atoms with Crippen LogP contribution in [0.25, 0.3) is 0 Å². The molecule has 1 amide bonds. The first-order valence-corrected chi connectivity index (χ1v) is 10.3. The number of rotatable bonds is 3. The molecule has 7 heteroatoms. The van der Waals surface area contributed by atoms with E-state index in [1.165, 1.54) is 11.3 Å². The van der Waals surface area contributed by atoms with Gasteiger partial charge >= 0.3 is 0 Å². The molecule has 1 saturated carbocycles. The number of hydrogen-bond donors (Lipinski definition) is 1. The van der Waals surface area contributed by atoms with Gasteiger partial charge in [-0.1, -0.05) is 0 Å². The molecule has 0 atom stereocenters. The van der Waals surface area contributed by atoms with E-state index < -0.39 is 0 Å². The summed E-state index contributed by atoms with van der Waals surface area (Å²) >= 11 is 0. The van der Waals surface area contributed by atoms with E-state index in [9.17, 15) is 4.79 Å². The van der Waals surface area contributed by atoms with Crippen molar-refractivity contribution in [3.63, 3.8) is 0 Å². The van der Waals surface area contributed by atoms with Gasteiger partial charge < -0.3 is 15.1 Å². The summed E-state index contributed by atoms with van der Waals surface area (Å²) < 4.78 is 0. The van der Waals surface area contributed by atoms with Crippen LogP contribution in [0.4, 0.5) is 11.5 Å². The third kappa shape index (κ3) is 3.19. The predicted octanol–water partition coefficient (Wildman–Crippen LogP) is 2.06. The van der Waals surface area contributed by atoms with Crippen LogP contribution >= 0.6 is 0 Å². The van der Waals surface area contributed by atoms with Crippen molar-refractivity contribution in [1.29, 1.82) is 0 Å². The van der Waals surface area contributed by atoms with E-state index in [1.54, 1.807) is 0 Å². The lowest BCUT2D eigenvalue weighted by Crippen LogP contribution is -2.37. The Balaban J connectivity index is 1.45. The van der Waals surface area contributed by atoms with Gasteiger partial charge in [0, 0.05) is 62.3 Å². The molecule has 2 aliphatic heterocycles. The number of nitrogens with one attached hydrogen (secondary N) is 1. The molecule has 0 radical (unpaired) electrons. The van der Waals surface area contributed by atoms with Gasteiger partial charge in [0.2, 0.25) is 0 Å². The summed E-state index contributed by atoms with van der Waals surface area (Å²) in [6.45, 7) is 6.60. The number of aryl methyl sites for hydroxylation is 1. The molecule has 28 heavy (non-hydrogen) atoms. The van der Waals surface area contributed by atoms with Crippen molar-refractivity contribution < 1.29 is 4.79 Å². The first kappa shape index (κ1) is 17.4. The zero-order valence-electron chi connectivity index (χ0n) is 16.3. The Bertz CT molecular complexity index is 910. The van der Waals surface area contributed by atoms with Crippen molar-refractivity contribution in [2.24, 2.45) is 0 Å². The van der Waals surface area contributed by atoms with Gasteiger partial charge in [0.1, 0.15) is 17.3 Å². The van der Waals surface area contributed by atoms with Gasteiger partial charge in [-0.3, -0.25) is 9.78 Å². The van der Waals surface area contributed by atoms with E-state index in [4.69, 9.17) is 4.98 Å². The van der Waals surface area contributed by atoms with Crippen LogP contribution in [0.3, 0.4) is 0 Å². The zero-order chi connectivity index (χ0) is 19.1. The molecule has 2 aromatic rings. The van der Waals surface area contributed by atoms with Crippen LogP contribution in [0.1, 0.15) is 52.6 Å². The van der Waals surface area contributed by atoms with Gasteiger partial charge in [-0.25, -0.2) is 9.97 Å². The molecule has 1 N–H and O–H groups in total. The van der Waals surface area contributed by atoms with E-state index in [0.717, 1.165) is 69.1 Å². The topological polar surface area (TPSA) is 74.2 Å². The summed E-state index contributed by atoms with van der Waals surface area (Å²) in [7, 11) is 0. The van der Waals surface area contributed by atoms with Crippen LogP contribution in [0, 0.1) is 6.92 Å². The van der Waals surface area contributed by atoms with Crippen molar-refractivity contribution in [2.75, 3.05) is 42.5 Å². The number of fused-ring (bicyclic) bond motifs is 1. The Kier molecular flexibility index (Phi) is 4.37. The van der Waals surface area contributed by atoms with E-state index in [2.05, 4.69) is 38.1 Å². The number of amides is 1. The predicted molar refractivity (Wildman–Crippen MR) is 108 cm³/mol. The third-order valence-electron chi connectivity index (χ3n) is 5.95. The van der Waals surface area contributed by atoms with Gasteiger partial charge in [0.15, 0.2) is 0 Å². The fourth-order valence-electron chi connectivity index (χ4n) is 4.27. The maximum Gasteiger partial charge on any atom is 0.270 e. The standard InChI is InChI=1S/C21H26N6O/c1-14-13-22-7-6-17(14)26-9-2-10-27(12-11-26)20-16-5-8-23-21(28)18(16)24-19(25-20)15-3-4-15/h6-7,13,15H,2-5,8-12H2,1H3,(H,23,28). The van der Waals surface area contributed by atoms with Crippen LogP contribution in [0.5, 0.6) is 0 Å². The van der Waals surface area contributed by atoms with Crippen molar-refractivity contribution in [2.45, 2.75) is 38.5 Å². The van der Waals surface area contributed by atoms with Gasteiger partial charge in [-0.15, -0.1) is 0 Å². The van der Waals surface area contributed by atoms with Gasteiger partial charge in [-0.2, -0.15) is 0 Å². The van der Waals surface area contributed by atoms with E-state index in [0.29, 0.717) is 18.2 Å². The number of carbonyl (C=O) groups excluding carboxylic acids is 1. The fourth-order valence-corrected chi connectivity index (χ4v) is 4.27. The zero-order valence-corrected chi connectivity index (χ0v) is 16.3. The van der Waals surface area contributed by atoms with E-state index in [1.807, 2.05) is 12.4 Å². The molecule has 4 heterocycles. The molecular weight excluding hydrogens is 352 g/mol. The van der Waals surface area contributed by atoms with Crippen LogP contribution in [-0.2, 0) is 6.42 Å². The minimum atomic E-state index is -0.0457. The largest absolute Gasteiger partial charge is 0.369 e. The van der Waals surface area contributed by atoms with Crippen LogP contribution in [-0.4, -0.2) is 53.6 Å². The minimum absolute atomic E-state index is 0.0457. The number of hydrogen-bond acceptors (Lipinski definition) is 6. The minimum Gasteiger partial charge on any atom is -0.369 e. The monoisotopic (exact) mass is 378 g/mol. The highest BCUT2D eigenvalue weighted by Crippen LogP contribution is 2.40. The molecule has 0 aromatic carbocycles. The number of anilines is 2. The van der Waals surface area contributed by atoms with Crippen molar-refractivity contribution in [3.05, 3.63) is 41.1 Å². The van der Waals surface area contributed by atoms with Crippen molar-refractivity contribution >= 4 is 17.4 Å². The molecule has 146 valence electrons. The average Bonchev–Trinajstić information content (AvgIpc) is 3.55. The molecule has 3 aliphatic rings. The smallest absolute Gasteiger partial charge is 0.270 e. The first-order valence-electron chi connectivity index (χ1n) is 10.3. The fraction of sp³-hybridized carbons (Fsp3) is 0.524. The Morgan fingerprint density at radius 1 is 1.11 bits per heavy atom. The van der Waals surface area contributed by atoms with Crippen molar-refractivity contribution in [1.82, 2.24) is 20.3 Å². The first-order chi connectivity index (χ1) is 13.7.